The van der Waals surface area contributed by atoms with Crippen LogP contribution in [0.1, 0.15) is 13.3 Å². The highest BCUT2D eigenvalue weighted by Crippen LogP contribution is 2.17. The van der Waals surface area contributed by atoms with Crippen molar-refractivity contribution in [3.8, 4) is 6.07 Å². The summed E-state index contributed by atoms with van der Waals surface area (Å²) in [5.74, 6) is -0.646. The molecular formula is C11H11NO2. The number of ether oxygens (including phenoxy) is 1. The third-order valence-electron chi connectivity index (χ3n) is 1.99. The van der Waals surface area contributed by atoms with Gasteiger partial charge in [0, 0.05) is 0 Å². The van der Waals surface area contributed by atoms with Crippen LogP contribution in [0.4, 0.5) is 0 Å². The Kier molecular flexibility index (Phi) is 3.24. The van der Waals surface area contributed by atoms with E-state index in [0.29, 0.717) is 0 Å². The van der Waals surface area contributed by atoms with E-state index in [1.807, 2.05) is 18.2 Å². The van der Waals surface area contributed by atoms with Gasteiger partial charge in [-0.05, 0) is 18.9 Å². The van der Waals surface area contributed by atoms with E-state index in [1.54, 1.807) is 13.0 Å². The Morgan fingerprint density at radius 1 is 1.79 bits per heavy atom. The van der Waals surface area contributed by atoms with Gasteiger partial charge in [0.25, 0.3) is 0 Å². The zero-order valence-electron chi connectivity index (χ0n) is 7.99. The van der Waals surface area contributed by atoms with E-state index in [4.69, 9.17) is 10.00 Å². The van der Waals surface area contributed by atoms with Crippen LogP contribution < -0.4 is 0 Å². The molecule has 1 atom stereocenters. The van der Waals surface area contributed by atoms with Crippen LogP contribution in [0.3, 0.4) is 0 Å². The van der Waals surface area contributed by atoms with E-state index in [2.05, 4.69) is 6.58 Å². The maximum Gasteiger partial charge on any atom is 0.348 e. The van der Waals surface area contributed by atoms with Gasteiger partial charge in [-0.25, -0.2) is 4.79 Å². The lowest BCUT2D eigenvalue weighted by Gasteiger charge is -2.13. The van der Waals surface area contributed by atoms with E-state index < -0.39 is 5.97 Å². The van der Waals surface area contributed by atoms with Crippen molar-refractivity contribution in [1.29, 1.82) is 5.26 Å². The van der Waals surface area contributed by atoms with Crippen LogP contribution in [0.25, 0.3) is 0 Å². The van der Waals surface area contributed by atoms with Crippen molar-refractivity contribution >= 4 is 5.97 Å². The van der Waals surface area contributed by atoms with E-state index in [-0.39, 0.29) is 11.7 Å². The van der Waals surface area contributed by atoms with Gasteiger partial charge in [0.15, 0.2) is 0 Å². The summed E-state index contributed by atoms with van der Waals surface area (Å²) in [5, 5.41) is 8.41. The Hall–Kier alpha value is -1.82. The smallest absolute Gasteiger partial charge is 0.348 e. The van der Waals surface area contributed by atoms with Gasteiger partial charge in [-0.2, -0.15) is 5.26 Å². The summed E-state index contributed by atoms with van der Waals surface area (Å²) < 4.78 is 5.02. The number of carbonyl (C=O) groups is 1. The van der Waals surface area contributed by atoms with Crippen LogP contribution in [0.15, 0.2) is 36.0 Å². The minimum atomic E-state index is -0.646. The summed E-state index contributed by atoms with van der Waals surface area (Å²) in [6.45, 7) is 5.06. The summed E-state index contributed by atoms with van der Waals surface area (Å²) in [7, 11) is 0. The lowest BCUT2D eigenvalue weighted by Crippen LogP contribution is -2.17. The van der Waals surface area contributed by atoms with Crippen LogP contribution in [0.2, 0.25) is 0 Å². The number of hydrogen-bond donors (Lipinski definition) is 0. The Bertz CT molecular complexity index is 358. The molecule has 0 aromatic carbocycles. The van der Waals surface area contributed by atoms with Crippen LogP contribution in [-0.4, -0.2) is 12.1 Å². The van der Waals surface area contributed by atoms with E-state index in [9.17, 15) is 4.79 Å². The summed E-state index contributed by atoms with van der Waals surface area (Å²) in [6.07, 6.45) is 6.32. The summed E-state index contributed by atoms with van der Waals surface area (Å²) in [4.78, 5) is 11.1. The molecule has 0 heterocycles. The highest BCUT2D eigenvalue weighted by molar-refractivity contribution is 5.92. The predicted octanol–water partition coefficient (Wildman–Crippen LogP) is 1.88. The fraction of sp³-hybridized carbons (Fsp3) is 0.273. The molecule has 3 nitrogen and oxygen atoms in total. The maximum absolute atomic E-state index is 11.1. The normalized spacial score (nSPS) is 15.6. The van der Waals surface area contributed by atoms with Gasteiger partial charge in [0.05, 0.1) is 0 Å². The van der Waals surface area contributed by atoms with E-state index >= 15 is 0 Å². The largest absolute Gasteiger partial charge is 0.454 e. The third kappa shape index (κ3) is 2.33. The molecule has 0 fully saturated rings. The van der Waals surface area contributed by atoms with Crippen LogP contribution in [0, 0.1) is 11.3 Å². The molecule has 0 aromatic rings. The van der Waals surface area contributed by atoms with Crippen LogP contribution >= 0.6 is 0 Å². The zero-order chi connectivity index (χ0) is 10.6. The van der Waals surface area contributed by atoms with Gasteiger partial charge in [-0.3, -0.25) is 0 Å². The molecule has 1 rings (SSSR count). The van der Waals surface area contributed by atoms with E-state index in [1.165, 1.54) is 0 Å². The second-order valence-corrected chi connectivity index (χ2v) is 3.01. The van der Waals surface area contributed by atoms with Crippen molar-refractivity contribution in [2.24, 2.45) is 0 Å². The minimum absolute atomic E-state index is 0.164. The average molecular weight is 189 g/mol. The molecule has 72 valence electrons. The predicted molar refractivity (Wildman–Crippen MR) is 52.1 cm³/mol. The first-order valence-corrected chi connectivity index (χ1v) is 4.30. The molecule has 0 saturated carbocycles. The lowest BCUT2D eigenvalue weighted by atomic mass is 10.1. The second-order valence-electron chi connectivity index (χ2n) is 3.01. The fourth-order valence-corrected chi connectivity index (χ4v) is 1.12. The highest BCUT2D eigenvalue weighted by atomic mass is 16.5. The number of hydrogen-bond acceptors (Lipinski definition) is 3. The van der Waals surface area contributed by atoms with Gasteiger partial charge in [-0.15, -0.1) is 0 Å². The molecule has 0 bridgehead atoms. The summed E-state index contributed by atoms with van der Waals surface area (Å²) in [5.41, 5.74) is 0.868. The summed E-state index contributed by atoms with van der Waals surface area (Å²) >= 11 is 0. The number of nitriles is 1. The number of nitrogens with zero attached hydrogens (tertiary/aromatic N) is 1. The molecule has 0 amide bonds. The number of allylic oxidation sites excluding steroid dienone is 3. The Morgan fingerprint density at radius 3 is 3.00 bits per heavy atom. The Balaban J connectivity index is 2.50. The van der Waals surface area contributed by atoms with Gasteiger partial charge in [-0.1, -0.05) is 24.8 Å². The second kappa shape index (κ2) is 4.43. The molecule has 1 aliphatic rings. The molecular weight excluding hydrogens is 178 g/mol. The van der Waals surface area contributed by atoms with Crippen molar-refractivity contribution in [2.75, 3.05) is 0 Å². The van der Waals surface area contributed by atoms with Crippen molar-refractivity contribution in [3.63, 3.8) is 0 Å². The highest BCUT2D eigenvalue weighted by Gasteiger charge is 2.16. The standard InChI is InChI=1S/C11H11NO2/c1-8(7-12)11(13)14-9(2)10-5-3-4-6-10/h3-5,9H,1,6H2,2H3. The van der Waals surface area contributed by atoms with Crippen LogP contribution in [0.5, 0.6) is 0 Å². The van der Waals surface area contributed by atoms with Gasteiger partial charge in [0.1, 0.15) is 17.7 Å². The Labute approximate surface area is 83.0 Å². The third-order valence-corrected chi connectivity index (χ3v) is 1.99. The minimum Gasteiger partial charge on any atom is -0.454 e. The van der Waals surface area contributed by atoms with Gasteiger partial charge >= 0.3 is 5.97 Å². The first-order chi connectivity index (χ1) is 6.65. The average Bonchev–Trinajstić information content (AvgIpc) is 2.69. The van der Waals surface area contributed by atoms with Crippen molar-refractivity contribution in [2.45, 2.75) is 19.4 Å². The molecule has 0 N–H and O–H groups in total. The molecule has 1 unspecified atom stereocenters. The first kappa shape index (κ1) is 10.3. The number of rotatable bonds is 3. The topological polar surface area (TPSA) is 50.1 Å². The van der Waals surface area contributed by atoms with Crippen LogP contribution in [-0.2, 0) is 9.53 Å². The maximum atomic E-state index is 11.1. The molecule has 0 aromatic heterocycles. The molecule has 14 heavy (non-hydrogen) atoms. The Morgan fingerprint density at radius 2 is 2.50 bits per heavy atom. The number of esters is 1. The van der Waals surface area contributed by atoms with Crippen molar-refractivity contribution in [3.05, 3.63) is 36.0 Å². The lowest BCUT2D eigenvalue weighted by molar-refractivity contribution is -0.141. The summed E-state index contributed by atoms with van der Waals surface area (Å²) in [6, 6.07) is 1.66. The van der Waals surface area contributed by atoms with Crippen molar-refractivity contribution < 1.29 is 9.53 Å². The zero-order valence-corrected chi connectivity index (χ0v) is 7.99. The molecule has 1 aliphatic carbocycles. The number of carbonyl (C=O) groups excluding carboxylic acids is 1. The molecule has 3 heteroatoms. The van der Waals surface area contributed by atoms with Crippen molar-refractivity contribution in [1.82, 2.24) is 0 Å². The quantitative estimate of drug-likeness (QED) is 0.387. The monoisotopic (exact) mass is 189 g/mol. The molecule has 0 spiro atoms. The van der Waals surface area contributed by atoms with Gasteiger partial charge in [0.2, 0.25) is 0 Å². The SMILES string of the molecule is C=C(C#N)C(=O)OC(C)C1=CC=CC1. The molecule has 0 aliphatic heterocycles. The van der Waals surface area contributed by atoms with E-state index in [0.717, 1.165) is 12.0 Å². The first-order valence-electron chi connectivity index (χ1n) is 4.30. The fourth-order valence-electron chi connectivity index (χ4n) is 1.12. The van der Waals surface area contributed by atoms with Gasteiger partial charge < -0.3 is 4.74 Å². The molecule has 0 saturated heterocycles. The molecule has 0 radical (unpaired) electrons.